The van der Waals surface area contributed by atoms with E-state index >= 15 is 0 Å². The number of halogens is 1. The van der Waals surface area contributed by atoms with E-state index in [1.807, 2.05) is 25.1 Å². The molecule has 61 heavy (non-hydrogen) atoms. The molecule has 6 bridgehead atoms. The molecular weight excluding hydrogens is 780 g/mol. The molecule has 0 spiro atoms. The van der Waals surface area contributed by atoms with Gasteiger partial charge in [0.1, 0.15) is 30.0 Å². The number of alkyl halides is 1. The second-order valence-electron chi connectivity index (χ2n) is 18.0. The van der Waals surface area contributed by atoms with Gasteiger partial charge in [0, 0.05) is 61.7 Å². The van der Waals surface area contributed by atoms with Crippen LogP contribution < -0.4 is 10.7 Å². The average Bonchev–Trinajstić information content (AvgIpc) is 3.90. The Morgan fingerprint density at radius 1 is 1.13 bits per heavy atom. The normalized spacial score (nSPS) is 22.6. The molecule has 3 amide bonds. The van der Waals surface area contributed by atoms with Gasteiger partial charge in [-0.1, -0.05) is 39.8 Å². The van der Waals surface area contributed by atoms with Crippen molar-refractivity contribution < 1.29 is 38.1 Å². The van der Waals surface area contributed by atoms with Crippen LogP contribution >= 0.6 is 0 Å². The van der Waals surface area contributed by atoms with Crippen molar-refractivity contribution in [2.75, 3.05) is 27.3 Å². The Bertz CT molecular complexity index is 2330. The monoisotopic (exact) mass is 838 g/mol. The number of aromatic hydroxyl groups is 1. The summed E-state index contributed by atoms with van der Waals surface area (Å²) >= 11 is 0. The van der Waals surface area contributed by atoms with E-state index < -0.39 is 59.3 Å². The fourth-order valence-electron chi connectivity index (χ4n) is 9.07. The molecule has 2 aromatic heterocycles. The second-order valence-corrected chi connectivity index (χ2v) is 18.0. The molecule has 13 nitrogen and oxygen atoms in total. The summed E-state index contributed by atoms with van der Waals surface area (Å²) in [6, 6.07) is 12.4. The zero-order chi connectivity index (χ0) is 43.9. The summed E-state index contributed by atoms with van der Waals surface area (Å²) in [6.07, 6.45) is 1.85. The smallest absolute Gasteiger partial charge is 0.324 e. The average molecular weight is 839 g/mol. The summed E-state index contributed by atoms with van der Waals surface area (Å²) in [4.78, 5) is 61.7. The highest BCUT2D eigenvalue weighted by atomic mass is 19.1. The number of esters is 1. The summed E-state index contributed by atoms with van der Waals surface area (Å²) in [7, 11) is 3.16. The van der Waals surface area contributed by atoms with Gasteiger partial charge in [0.05, 0.1) is 30.0 Å². The van der Waals surface area contributed by atoms with Crippen LogP contribution in [0.2, 0.25) is 0 Å². The molecule has 2 aromatic carbocycles. The number of carbonyl (C=O) groups excluding carboxylic acids is 4. The van der Waals surface area contributed by atoms with Crippen molar-refractivity contribution in [2.24, 2.45) is 17.3 Å². The van der Waals surface area contributed by atoms with Crippen molar-refractivity contribution >= 4 is 34.6 Å². The first kappa shape index (κ1) is 43.7. The van der Waals surface area contributed by atoms with Crippen LogP contribution in [0.15, 0.2) is 54.7 Å². The number of cyclic esters (lactones) is 1. The lowest BCUT2D eigenvalue weighted by Crippen LogP contribution is -2.62. The molecule has 1 saturated heterocycles. The predicted octanol–water partition coefficient (Wildman–Crippen LogP) is 6.29. The van der Waals surface area contributed by atoms with Gasteiger partial charge < -0.3 is 29.4 Å². The number of methoxy groups -OCH3 is 1. The van der Waals surface area contributed by atoms with Gasteiger partial charge in [0.15, 0.2) is 0 Å². The van der Waals surface area contributed by atoms with Gasteiger partial charge in [-0.15, -0.1) is 0 Å². The lowest BCUT2D eigenvalue weighted by Gasteiger charge is -2.36. The molecule has 1 saturated carbocycles. The van der Waals surface area contributed by atoms with E-state index in [1.54, 1.807) is 39.3 Å². The number of nitrogens with one attached hydrogen (secondary N) is 2. The minimum Gasteiger partial charge on any atom is -0.508 e. The highest BCUT2D eigenvalue weighted by Gasteiger charge is 2.47. The molecule has 0 radical (unpaired) electrons. The predicted molar refractivity (Wildman–Crippen MR) is 230 cm³/mol. The molecular formula is C47H59FN6O7. The minimum absolute atomic E-state index is 0.0174. The lowest BCUT2D eigenvalue weighted by molar-refractivity contribution is -0.155. The van der Waals surface area contributed by atoms with Gasteiger partial charge in [0.25, 0.3) is 5.91 Å². The third kappa shape index (κ3) is 9.02. The quantitative estimate of drug-likeness (QED) is 0.165. The van der Waals surface area contributed by atoms with Gasteiger partial charge in [-0.3, -0.25) is 29.2 Å². The molecule has 4 heterocycles. The number of aromatic nitrogens is 2. The number of hydrogen-bond donors (Lipinski definition) is 3. The molecule has 6 atom stereocenters. The van der Waals surface area contributed by atoms with E-state index in [9.17, 15) is 28.7 Å². The molecule has 14 heteroatoms. The summed E-state index contributed by atoms with van der Waals surface area (Å²) in [5, 5.41) is 16.5. The highest BCUT2D eigenvalue weighted by molar-refractivity contribution is 5.96. The van der Waals surface area contributed by atoms with Crippen LogP contribution in [-0.2, 0) is 48.0 Å². The van der Waals surface area contributed by atoms with E-state index in [-0.39, 0.29) is 43.8 Å². The number of phenolic OH excluding ortho intramolecular Hbond substituents is 1. The lowest BCUT2D eigenvalue weighted by atomic mass is 9.84. The fourth-order valence-corrected chi connectivity index (χ4v) is 9.07. The summed E-state index contributed by atoms with van der Waals surface area (Å²) in [6.45, 7) is 12.8. The van der Waals surface area contributed by atoms with E-state index in [4.69, 9.17) is 14.5 Å². The van der Waals surface area contributed by atoms with Gasteiger partial charge in [-0.2, -0.15) is 0 Å². The van der Waals surface area contributed by atoms with Gasteiger partial charge in [-0.05, 0) is 104 Å². The standard InChI is InChI=1S/C47H59FN6O7/c1-9-53-39-15-14-29-22-33(39)35(42(53)32-12-10-16-49-40(32)27(4)60-8)24-47(5,6)25-61-46(59)37-13-11-17-54(51-37)45(58)38(20-28-18-30(29)21-31(55)19-28)50-43(56)41(26(2)3)52(7)44(57)34-23-36(34)48/h10,12,14-16,18-19,21-22,26-27,34,36-38,41,51,55H,9,11,13,17,20,23-25H2,1-8H3,(H,50,56)/t27-,34-,36-,37-,38-,41?/m0/s1. The summed E-state index contributed by atoms with van der Waals surface area (Å²) < 4.78 is 28.1. The number of rotatable bonds is 9. The molecule has 1 unspecified atom stereocenters. The van der Waals surface area contributed by atoms with Crippen LogP contribution in [0.5, 0.6) is 5.75 Å². The van der Waals surface area contributed by atoms with Crippen LogP contribution in [0.3, 0.4) is 0 Å². The van der Waals surface area contributed by atoms with Gasteiger partial charge in [-0.25, -0.2) is 9.82 Å². The highest BCUT2D eigenvalue weighted by Crippen LogP contribution is 2.42. The Hall–Kier alpha value is -5.34. The zero-order valence-electron chi connectivity index (χ0n) is 36.5. The number of aryl methyl sites for hydroxylation is 1. The third-order valence-corrected chi connectivity index (χ3v) is 12.4. The number of benzene rings is 2. The first-order chi connectivity index (χ1) is 29.0. The van der Waals surface area contributed by atoms with Crippen LogP contribution in [0.4, 0.5) is 4.39 Å². The molecule has 2 fully saturated rings. The largest absolute Gasteiger partial charge is 0.508 e. The SMILES string of the molecule is CCn1c(-c2cccnc2[C@H](C)OC)c2c3cc(ccc31)-c1cc(O)cc(c1)C[C@H](NC(=O)C(C(C)C)N(C)C(=O)[C@H]1C[C@@H]1F)C(=O)N1CCC[C@H](N1)C(=O)OCC(C)(C)C2. The maximum Gasteiger partial charge on any atom is 0.324 e. The Kier molecular flexibility index (Phi) is 12.6. The number of ether oxygens (including phenoxy) is 2. The topological polar surface area (TPSA) is 155 Å². The van der Waals surface area contributed by atoms with Crippen molar-refractivity contribution in [1.29, 1.82) is 0 Å². The molecule has 326 valence electrons. The maximum absolute atomic E-state index is 14.5. The number of likely N-dealkylation sites (N-methyl/N-ethyl adjacent to an activating group) is 1. The Morgan fingerprint density at radius 2 is 1.89 bits per heavy atom. The number of hydrazine groups is 1. The number of fused-ring (bicyclic) bond motifs is 6. The second kappa shape index (κ2) is 17.6. The Labute approximate surface area is 356 Å². The van der Waals surface area contributed by atoms with Crippen molar-refractivity contribution in [3.63, 3.8) is 0 Å². The maximum atomic E-state index is 14.5. The van der Waals surface area contributed by atoms with Crippen LogP contribution in [-0.4, -0.2) is 99.9 Å². The van der Waals surface area contributed by atoms with Crippen LogP contribution in [0, 0.1) is 17.3 Å². The van der Waals surface area contributed by atoms with E-state index in [1.165, 1.54) is 17.0 Å². The van der Waals surface area contributed by atoms with Crippen molar-refractivity contribution in [1.82, 2.24) is 30.2 Å². The first-order valence-electron chi connectivity index (χ1n) is 21.4. The van der Waals surface area contributed by atoms with E-state index in [2.05, 4.69) is 54.3 Å². The van der Waals surface area contributed by atoms with Crippen LogP contribution in [0.25, 0.3) is 33.3 Å². The number of hydrogen-bond acceptors (Lipinski definition) is 9. The number of carbonyl (C=O) groups is 4. The fraction of sp³-hybridized carbons (Fsp3) is 0.511. The Balaban J connectivity index is 1.35. The molecule has 7 rings (SSSR count). The van der Waals surface area contributed by atoms with Crippen molar-refractivity contribution in [3.8, 4) is 28.1 Å². The van der Waals surface area contributed by atoms with Gasteiger partial charge in [0.2, 0.25) is 11.8 Å². The van der Waals surface area contributed by atoms with Gasteiger partial charge >= 0.3 is 5.97 Å². The summed E-state index contributed by atoms with van der Waals surface area (Å²) in [5.41, 5.74) is 9.47. The Morgan fingerprint density at radius 3 is 2.57 bits per heavy atom. The molecule has 2 aliphatic heterocycles. The zero-order valence-corrected chi connectivity index (χ0v) is 36.5. The van der Waals surface area contributed by atoms with E-state index in [0.717, 1.165) is 39.0 Å². The van der Waals surface area contributed by atoms with Crippen molar-refractivity contribution in [2.45, 2.75) is 111 Å². The summed E-state index contributed by atoms with van der Waals surface area (Å²) in [5.74, 6) is -3.16. The molecule has 1 aliphatic carbocycles. The molecule has 3 N–H and O–H groups in total. The number of phenols is 1. The third-order valence-electron chi connectivity index (χ3n) is 12.4. The molecule has 4 aromatic rings. The van der Waals surface area contributed by atoms with Crippen molar-refractivity contribution in [3.05, 3.63) is 71.5 Å². The number of amides is 3. The number of nitrogens with zero attached hydrogens (tertiary/aromatic N) is 4. The van der Waals surface area contributed by atoms with Crippen LogP contribution in [0.1, 0.15) is 83.7 Å². The minimum atomic E-state index is -1.23. The number of pyridine rings is 1. The molecule has 3 aliphatic rings. The first-order valence-corrected chi connectivity index (χ1v) is 21.4. The van der Waals surface area contributed by atoms with E-state index in [0.29, 0.717) is 36.9 Å².